The van der Waals surface area contributed by atoms with Crippen LogP contribution in [0.3, 0.4) is 0 Å². The molecule has 0 unspecified atom stereocenters. The molecule has 7 nitrogen and oxygen atoms in total. The molecule has 198 valence electrons. The van der Waals surface area contributed by atoms with E-state index in [2.05, 4.69) is 10.6 Å². The van der Waals surface area contributed by atoms with Crippen molar-refractivity contribution in [3.63, 3.8) is 0 Å². The first-order valence-corrected chi connectivity index (χ1v) is 12.9. The predicted octanol–water partition coefficient (Wildman–Crippen LogP) is 5.66. The number of carbonyl (C=O) groups is 3. The van der Waals surface area contributed by atoms with Gasteiger partial charge in [-0.2, -0.15) is 0 Å². The van der Waals surface area contributed by atoms with Gasteiger partial charge in [-0.05, 0) is 64.5 Å². The van der Waals surface area contributed by atoms with Crippen molar-refractivity contribution in [3.8, 4) is 0 Å². The van der Waals surface area contributed by atoms with Crippen LogP contribution in [-0.4, -0.2) is 28.8 Å². The second kappa shape index (κ2) is 11.4. The van der Waals surface area contributed by atoms with E-state index in [4.69, 9.17) is 4.74 Å². The van der Waals surface area contributed by atoms with Crippen molar-refractivity contribution >= 4 is 34.9 Å². The van der Waals surface area contributed by atoms with E-state index in [1.807, 2.05) is 5.38 Å². The van der Waals surface area contributed by atoms with Crippen molar-refractivity contribution in [2.75, 3.05) is 5.32 Å². The summed E-state index contributed by atoms with van der Waals surface area (Å²) in [6.45, 7) is 0.0642. The maximum atomic E-state index is 13.8. The molecule has 0 saturated carbocycles. The maximum Gasteiger partial charge on any atom is 0.411 e. The van der Waals surface area contributed by atoms with Gasteiger partial charge in [0.25, 0.3) is 5.91 Å². The maximum absolute atomic E-state index is 13.8. The average molecular weight is 548 g/mol. The number of halogens is 2. The number of rotatable bonds is 8. The topological polar surface area (TPSA) is 87.7 Å². The van der Waals surface area contributed by atoms with Crippen LogP contribution in [0.2, 0.25) is 0 Å². The monoisotopic (exact) mass is 547 g/mol. The minimum atomic E-state index is -1.06. The number of nitrogens with one attached hydrogen (secondary N) is 2. The summed E-state index contributed by atoms with van der Waals surface area (Å²) in [4.78, 5) is 40.6. The van der Waals surface area contributed by atoms with Crippen LogP contribution in [0.15, 0.2) is 90.3 Å². The van der Waals surface area contributed by atoms with Gasteiger partial charge in [0.15, 0.2) is 12.1 Å². The average Bonchev–Trinajstić information content (AvgIpc) is 3.58. The molecule has 0 aliphatic carbocycles. The number of benzene rings is 3. The molecule has 3 amide bonds. The van der Waals surface area contributed by atoms with E-state index >= 15 is 0 Å². The highest BCUT2D eigenvalue weighted by Crippen LogP contribution is 2.34. The first-order valence-electron chi connectivity index (χ1n) is 12.1. The third-order valence-corrected chi connectivity index (χ3v) is 7.09. The molecule has 1 aliphatic heterocycles. The fraction of sp³-hybridized carbons (Fsp3) is 0.138. The van der Waals surface area contributed by atoms with Gasteiger partial charge in [-0.3, -0.25) is 14.5 Å². The van der Waals surface area contributed by atoms with E-state index in [1.165, 1.54) is 46.6 Å². The number of amides is 3. The Morgan fingerprint density at radius 1 is 0.897 bits per heavy atom. The molecule has 0 radical (unpaired) electrons. The van der Waals surface area contributed by atoms with E-state index in [0.717, 1.165) is 0 Å². The molecular weight excluding hydrogens is 524 g/mol. The zero-order chi connectivity index (χ0) is 27.4. The van der Waals surface area contributed by atoms with Gasteiger partial charge < -0.3 is 15.4 Å². The van der Waals surface area contributed by atoms with Crippen molar-refractivity contribution in [2.24, 2.45) is 0 Å². The second-order valence-electron chi connectivity index (χ2n) is 8.90. The smallest absolute Gasteiger partial charge is 0.411 e. The summed E-state index contributed by atoms with van der Waals surface area (Å²) in [5, 5.41) is 7.41. The first kappa shape index (κ1) is 26.1. The van der Waals surface area contributed by atoms with E-state index in [1.54, 1.807) is 54.6 Å². The Bertz CT molecular complexity index is 1480. The molecule has 39 heavy (non-hydrogen) atoms. The molecule has 0 spiro atoms. The number of hydrogen-bond donors (Lipinski definition) is 2. The summed E-state index contributed by atoms with van der Waals surface area (Å²) in [6, 6.07) is 20.6. The summed E-state index contributed by atoms with van der Waals surface area (Å²) < 4.78 is 32.7. The standard InChI is InChI=1S/C29H23F2N3O4S/c30-21-10-6-18(7-11-21)16-32-28(36)25-26(38-29(37)34(25)17-19-3-1-4-22(31)15-19)20-8-12-23(13-9-20)33-27(35)24-5-2-14-39-24/h1-15,25-26H,16-17H2,(H,32,36)(H,33,35)/t25-,26-/m0/s1. The molecule has 2 N–H and O–H groups in total. The highest BCUT2D eigenvalue weighted by molar-refractivity contribution is 7.12. The van der Waals surface area contributed by atoms with Crippen molar-refractivity contribution in [3.05, 3.63) is 124 Å². The Morgan fingerprint density at radius 2 is 1.67 bits per heavy atom. The Kier molecular flexibility index (Phi) is 7.64. The molecular formula is C29H23F2N3O4S. The van der Waals surface area contributed by atoms with Crippen LogP contribution in [0.5, 0.6) is 0 Å². The number of ether oxygens (including phenoxy) is 1. The molecule has 2 atom stereocenters. The van der Waals surface area contributed by atoms with Crippen molar-refractivity contribution < 1.29 is 27.9 Å². The van der Waals surface area contributed by atoms with E-state index < -0.39 is 35.8 Å². The highest BCUT2D eigenvalue weighted by Gasteiger charge is 2.47. The SMILES string of the molecule is O=C(Nc1ccc([C@@H]2OC(=O)N(Cc3cccc(F)c3)[C@@H]2C(=O)NCc2ccc(F)cc2)cc1)c1cccs1. The van der Waals surface area contributed by atoms with Crippen molar-refractivity contribution in [1.29, 1.82) is 0 Å². The molecule has 0 bridgehead atoms. The fourth-order valence-electron chi connectivity index (χ4n) is 4.29. The Morgan fingerprint density at radius 3 is 2.36 bits per heavy atom. The van der Waals surface area contributed by atoms with Gasteiger partial charge in [0, 0.05) is 12.2 Å². The van der Waals surface area contributed by atoms with Crippen LogP contribution in [0.25, 0.3) is 0 Å². The fourth-order valence-corrected chi connectivity index (χ4v) is 4.91. The number of thiophene rings is 1. The zero-order valence-corrected chi connectivity index (χ0v) is 21.3. The lowest BCUT2D eigenvalue weighted by molar-refractivity contribution is -0.126. The number of hydrogen-bond acceptors (Lipinski definition) is 5. The molecule has 5 rings (SSSR count). The third kappa shape index (κ3) is 6.12. The van der Waals surface area contributed by atoms with Crippen LogP contribution in [0, 0.1) is 11.6 Å². The van der Waals surface area contributed by atoms with Crippen LogP contribution < -0.4 is 10.6 Å². The molecule has 1 aromatic heterocycles. The number of carbonyl (C=O) groups excluding carboxylic acids is 3. The quantitative estimate of drug-likeness (QED) is 0.298. The molecule has 1 aliphatic rings. The van der Waals surface area contributed by atoms with Gasteiger partial charge in [0.1, 0.15) is 11.6 Å². The Hall–Kier alpha value is -4.57. The third-order valence-electron chi connectivity index (χ3n) is 6.22. The molecule has 10 heteroatoms. The summed E-state index contributed by atoms with van der Waals surface area (Å²) >= 11 is 1.32. The van der Waals surface area contributed by atoms with Gasteiger partial charge in [-0.25, -0.2) is 13.6 Å². The van der Waals surface area contributed by atoms with Crippen LogP contribution in [0.1, 0.15) is 32.5 Å². The van der Waals surface area contributed by atoms with Gasteiger partial charge in [0.05, 0.1) is 11.4 Å². The number of anilines is 1. The molecule has 1 saturated heterocycles. The predicted molar refractivity (Wildman–Crippen MR) is 142 cm³/mol. The minimum absolute atomic E-state index is 0.0450. The van der Waals surface area contributed by atoms with Crippen molar-refractivity contribution in [2.45, 2.75) is 25.2 Å². The van der Waals surface area contributed by atoms with Crippen LogP contribution >= 0.6 is 11.3 Å². The van der Waals surface area contributed by atoms with Crippen LogP contribution in [0.4, 0.5) is 19.3 Å². The van der Waals surface area contributed by atoms with E-state index in [0.29, 0.717) is 27.3 Å². The summed E-state index contributed by atoms with van der Waals surface area (Å²) in [7, 11) is 0. The second-order valence-corrected chi connectivity index (χ2v) is 9.85. The summed E-state index contributed by atoms with van der Waals surface area (Å²) in [5.41, 5.74) is 2.25. The normalized spacial score (nSPS) is 16.6. The molecule has 4 aromatic rings. The van der Waals surface area contributed by atoms with Crippen LogP contribution in [-0.2, 0) is 22.6 Å². The first-order chi connectivity index (χ1) is 18.9. The number of cyclic esters (lactones) is 1. The minimum Gasteiger partial charge on any atom is -0.438 e. The summed E-state index contributed by atoms with van der Waals surface area (Å²) in [5.74, 6) is -1.59. The molecule has 2 heterocycles. The van der Waals surface area contributed by atoms with Gasteiger partial charge >= 0.3 is 6.09 Å². The lowest BCUT2D eigenvalue weighted by atomic mass is 10.00. The molecule has 1 fully saturated rings. The lowest BCUT2D eigenvalue weighted by Crippen LogP contribution is -2.46. The van der Waals surface area contributed by atoms with E-state index in [-0.39, 0.29) is 19.0 Å². The Labute approximate surface area is 227 Å². The van der Waals surface area contributed by atoms with E-state index in [9.17, 15) is 23.2 Å². The van der Waals surface area contributed by atoms with Gasteiger partial charge in [-0.1, -0.05) is 42.5 Å². The molecule has 3 aromatic carbocycles. The summed E-state index contributed by atoms with van der Waals surface area (Å²) in [6.07, 6.45) is -1.68. The van der Waals surface area contributed by atoms with Crippen molar-refractivity contribution in [1.82, 2.24) is 10.2 Å². The zero-order valence-electron chi connectivity index (χ0n) is 20.5. The van der Waals surface area contributed by atoms with Gasteiger partial charge in [-0.15, -0.1) is 11.3 Å². The largest absolute Gasteiger partial charge is 0.438 e. The highest BCUT2D eigenvalue weighted by atomic mass is 32.1. The lowest BCUT2D eigenvalue weighted by Gasteiger charge is -2.24. The Balaban J connectivity index is 1.37. The van der Waals surface area contributed by atoms with Gasteiger partial charge in [0.2, 0.25) is 5.91 Å². The number of nitrogens with zero attached hydrogens (tertiary/aromatic N) is 1.